The Morgan fingerprint density at radius 3 is 1.25 bits per heavy atom. The van der Waals surface area contributed by atoms with Gasteiger partial charge in [0, 0.05) is 39.9 Å². The predicted molar refractivity (Wildman–Crippen MR) is 8.26 cm³/mol. The zero-order valence-electron chi connectivity index (χ0n) is 1.31. The molecule has 0 unspecified atom stereocenters. The van der Waals surface area contributed by atoms with Gasteiger partial charge in [0.25, 0.3) is 0 Å². The summed E-state index contributed by atoms with van der Waals surface area (Å²) in [6, 6.07) is 0. The van der Waals surface area contributed by atoms with Gasteiger partial charge in [-0.2, -0.15) is 0 Å². The van der Waals surface area contributed by atoms with Crippen molar-refractivity contribution in [1.82, 2.24) is 0 Å². The van der Waals surface area contributed by atoms with Gasteiger partial charge in [0.05, 0.1) is 0 Å². The van der Waals surface area contributed by atoms with E-state index in [1.165, 1.54) is 0 Å². The van der Waals surface area contributed by atoms with Gasteiger partial charge < -0.3 is 0 Å². The fraction of sp³-hybridized carbons (Fsp3) is 0. The van der Waals surface area contributed by atoms with Crippen LogP contribution >= 0.6 is 0 Å². The van der Waals surface area contributed by atoms with Gasteiger partial charge in [-0.05, 0) is 0 Å². The topological polar surface area (TPSA) is 0 Å². The maximum atomic E-state index is 9.63. The fourth-order valence-electron chi connectivity index (χ4n) is 0. The molecule has 4 heteroatoms. The molecule has 0 aromatic rings. The standard InChI is InChI=1S/FH.Gd.Li.Y.H/h1H;;;;/q;;;+1;/p-1. The quantitative estimate of drug-likeness (QED) is 0.535. The molecule has 0 radical (unpaired) electrons. The summed E-state index contributed by atoms with van der Waals surface area (Å²) >= 11 is -0.150. The van der Waals surface area contributed by atoms with E-state index in [4.69, 9.17) is 0 Å². The Kier molecular flexibility index (Phi) is 66.0. The molecule has 0 atom stereocenters. The van der Waals surface area contributed by atoms with Crippen LogP contribution in [-0.4, -0.2) is 18.9 Å². The Morgan fingerprint density at radius 2 is 1.25 bits per heavy atom. The van der Waals surface area contributed by atoms with E-state index in [0.29, 0.717) is 0 Å². The van der Waals surface area contributed by atoms with E-state index in [1.54, 1.807) is 0 Å². The summed E-state index contributed by atoms with van der Waals surface area (Å²) in [6.45, 7) is 0. The number of hydrogen-bond acceptors (Lipinski definition) is 0. The Morgan fingerprint density at radius 1 is 1.25 bits per heavy atom. The number of rotatable bonds is 0. The van der Waals surface area contributed by atoms with Crippen LogP contribution in [0.2, 0.25) is 0 Å². The summed E-state index contributed by atoms with van der Waals surface area (Å²) in [5.41, 5.74) is 0. The van der Waals surface area contributed by atoms with Crippen molar-refractivity contribution in [1.29, 1.82) is 0 Å². The van der Waals surface area contributed by atoms with Crippen LogP contribution in [0.1, 0.15) is 0 Å². The maximum absolute atomic E-state index is 9.63. The monoisotopic (exact) mass is 274 g/mol. The van der Waals surface area contributed by atoms with Crippen LogP contribution < -0.4 is 0 Å². The van der Waals surface area contributed by atoms with Crippen LogP contribution in [0.25, 0.3) is 0 Å². The Balaban J connectivity index is -0.00000000500. The molecule has 0 aromatic heterocycles. The van der Waals surface area contributed by atoms with E-state index in [2.05, 4.69) is 0 Å². The molecule has 0 saturated heterocycles. The van der Waals surface area contributed by atoms with E-state index in [-0.39, 0.29) is 90.5 Å². The first-order chi connectivity index (χ1) is 1.00. The summed E-state index contributed by atoms with van der Waals surface area (Å²) in [6.07, 6.45) is 0. The Bertz CT molecular complexity index is 8.00. The number of hydrogen-bond donors (Lipinski definition) is 0. The van der Waals surface area contributed by atoms with Gasteiger partial charge in [0.2, 0.25) is 0 Å². The minimum atomic E-state index is -0.150. The van der Waals surface area contributed by atoms with Crippen LogP contribution in [0.5, 0.6) is 0 Å². The summed E-state index contributed by atoms with van der Waals surface area (Å²) in [7, 11) is 0. The molecule has 0 aliphatic carbocycles. The van der Waals surface area contributed by atoms with E-state index in [9.17, 15) is 1.92 Å². The van der Waals surface area contributed by atoms with Gasteiger partial charge in [-0.15, -0.1) is 0 Å². The molecule has 0 amide bonds. The van der Waals surface area contributed by atoms with Gasteiger partial charge in [-0.3, -0.25) is 0 Å². The minimum absolute atomic E-state index is 0. The van der Waals surface area contributed by atoms with Gasteiger partial charge in [0.1, 0.15) is 0 Å². The average Bonchev–Trinajstić information content (AvgIpc) is 1.00. The van der Waals surface area contributed by atoms with E-state index in [0.717, 1.165) is 0 Å². The van der Waals surface area contributed by atoms with Crippen molar-refractivity contribution in [3.63, 3.8) is 0 Å². The molecular formula is HFGdLiY. The molecule has 0 nitrogen and oxygen atoms in total. The molecule has 0 heterocycles. The molecule has 0 fully saturated rings. The van der Waals surface area contributed by atoms with Gasteiger partial charge in [-0.1, -0.05) is 0 Å². The summed E-state index contributed by atoms with van der Waals surface area (Å²) < 4.78 is 9.63. The van der Waals surface area contributed by atoms with Crippen LogP contribution in [0.4, 0.5) is 1.92 Å². The molecular weight excluding hydrogens is 272 g/mol. The van der Waals surface area contributed by atoms with Crippen molar-refractivity contribution in [3.8, 4) is 0 Å². The van der Waals surface area contributed by atoms with Crippen molar-refractivity contribution >= 4 is 18.9 Å². The molecule has 0 spiro atoms. The SMILES string of the molecule is [F][Y].[Gd].[LiH]. The molecule has 0 rings (SSSR count). The number of halogens is 1. The van der Waals surface area contributed by atoms with E-state index < -0.39 is 0 Å². The van der Waals surface area contributed by atoms with Crippen molar-refractivity contribution in [3.05, 3.63) is 0 Å². The van der Waals surface area contributed by atoms with Crippen molar-refractivity contribution < 1.29 is 73.5 Å². The van der Waals surface area contributed by atoms with Gasteiger partial charge in [0.15, 0.2) is 0 Å². The molecule has 0 saturated carbocycles. The van der Waals surface area contributed by atoms with Crippen LogP contribution in [0.3, 0.4) is 0 Å². The van der Waals surface area contributed by atoms with E-state index in [1.807, 2.05) is 0 Å². The second-order valence-electron chi connectivity index (χ2n) is 0. The van der Waals surface area contributed by atoms with Crippen molar-refractivity contribution in [2.75, 3.05) is 0 Å². The average molecular weight is 273 g/mol. The first kappa shape index (κ1) is 15.8. The van der Waals surface area contributed by atoms with Crippen LogP contribution in [0.15, 0.2) is 0 Å². The molecule has 0 bridgehead atoms. The first-order valence-corrected chi connectivity index (χ1v) is 1.29. The summed E-state index contributed by atoms with van der Waals surface area (Å²) in [5.74, 6) is 0. The van der Waals surface area contributed by atoms with E-state index >= 15 is 0 Å². The zero-order valence-corrected chi connectivity index (χ0v) is 6.42. The summed E-state index contributed by atoms with van der Waals surface area (Å²) in [5, 5.41) is 0. The molecule has 4 heavy (non-hydrogen) atoms. The molecule has 20 valence electrons. The Labute approximate surface area is 90.1 Å². The van der Waals surface area contributed by atoms with Gasteiger partial charge in [-0.25, -0.2) is 0 Å². The second-order valence-corrected chi connectivity index (χ2v) is 0. The molecule has 0 aliphatic rings. The fourth-order valence-corrected chi connectivity index (χ4v) is 0. The van der Waals surface area contributed by atoms with Crippen molar-refractivity contribution in [2.45, 2.75) is 0 Å². The molecule has 0 aliphatic heterocycles. The molecule has 0 N–H and O–H groups in total. The second kappa shape index (κ2) is 16.7. The normalized spacial score (nSPS) is 1.00. The molecule has 0 aromatic carbocycles. The summed E-state index contributed by atoms with van der Waals surface area (Å²) in [4.78, 5) is 0. The third-order valence-corrected chi connectivity index (χ3v) is 0. The first-order valence-electron chi connectivity index (χ1n) is 0.218. The third kappa shape index (κ3) is 8.88. The Hall–Kier alpha value is 2.96. The van der Waals surface area contributed by atoms with Crippen LogP contribution in [-0.2, 0) is 31.7 Å². The third-order valence-electron chi connectivity index (χ3n) is 0. The zero-order chi connectivity index (χ0) is 2.00. The van der Waals surface area contributed by atoms with Gasteiger partial charge >= 0.3 is 52.4 Å². The van der Waals surface area contributed by atoms with Crippen LogP contribution in [0, 0.1) is 39.9 Å². The predicted octanol–water partition coefficient (Wildman–Crippen LogP) is -0.231. The van der Waals surface area contributed by atoms with Crippen molar-refractivity contribution in [2.24, 2.45) is 0 Å².